The van der Waals surface area contributed by atoms with Gasteiger partial charge >= 0.3 is 0 Å². The van der Waals surface area contributed by atoms with Crippen molar-refractivity contribution in [2.24, 2.45) is 10.7 Å². The first-order valence-electron chi connectivity index (χ1n) is 9.20. The van der Waals surface area contributed by atoms with E-state index in [1.54, 1.807) is 0 Å². The van der Waals surface area contributed by atoms with E-state index in [1.807, 2.05) is 25.3 Å². The topological polar surface area (TPSA) is 50.4 Å². The SMILES string of the molecule is CC#Cc1cc(C)cc(C#Cc2ccc(C)c(C=NCCNCCN)c2)c1. The highest BCUT2D eigenvalue weighted by molar-refractivity contribution is 5.82. The van der Waals surface area contributed by atoms with Gasteiger partial charge in [-0.2, -0.15) is 0 Å². The van der Waals surface area contributed by atoms with Crippen LogP contribution < -0.4 is 11.1 Å². The quantitative estimate of drug-likeness (QED) is 0.474. The van der Waals surface area contributed by atoms with Crippen LogP contribution in [0.15, 0.2) is 41.4 Å². The molecule has 27 heavy (non-hydrogen) atoms. The summed E-state index contributed by atoms with van der Waals surface area (Å²) in [6.45, 7) is 9.04. The Hall–Kier alpha value is -2.85. The molecule has 0 aliphatic heterocycles. The Morgan fingerprint density at radius 2 is 1.70 bits per heavy atom. The monoisotopic (exact) mass is 357 g/mol. The largest absolute Gasteiger partial charge is 0.329 e. The van der Waals surface area contributed by atoms with Gasteiger partial charge in [0.2, 0.25) is 0 Å². The van der Waals surface area contributed by atoms with Crippen molar-refractivity contribution in [1.29, 1.82) is 0 Å². The first-order chi connectivity index (χ1) is 13.1. The Balaban J connectivity index is 2.13. The summed E-state index contributed by atoms with van der Waals surface area (Å²) in [7, 11) is 0. The van der Waals surface area contributed by atoms with Gasteiger partial charge in [0.05, 0.1) is 6.54 Å². The van der Waals surface area contributed by atoms with Gasteiger partial charge in [-0.15, -0.1) is 5.92 Å². The summed E-state index contributed by atoms with van der Waals surface area (Å²) < 4.78 is 0. The minimum absolute atomic E-state index is 0.650. The van der Waals surface area contributed by atoms with E-state index < -0.39 is 0 Å². The van der Waals surface area contributed by atoms with Gasteiger partial charge in [-0.1, -0.05) is 23.8 Å². The predicted octanol–water partition coefficient (Wildman–Crippen LogP) is 3.04. The number of nitrogens with two attached hydrogens (primary N) is 1. The van der Waals surface area contributed by atoms with E-state index in [4.69, 9.17) is 5.73 Å². The van der Waals surface area contributed by atoms with Crippen LogP contribution in [0.3, 0.4) is 0 Å². The van der Waals surface area contributed by atoms with Crippen molar-refractivity contribution in [3.63, 3.8) is 0 Å². The van der Waals surface area contributed by atoms with Crippen LogP contribution in [0.1, 0.15) is 40.3 Å². The van der Waals surface area contributed by atoms with Crippen LogP contribution in [0.2, 0.25) is 0 Å². The fourth-order valence-corrected chi connectivity index (χ4v) is 2.61. The Kier molecular flexibility index (Phi) is 8.33. The van der Waals surface area contributed by atoms with Gasteiger partial charge in [-0.3, -0.25) is 4.99 Å². The molecule has 0 bridgehead atoms. The first kappa shape index (κ1) is 20.5. The standard InChI is InChI=1S/C24H27N3/c1-4-5-22-14-19(2)15-23(16-22)9-8-21-7-6-20(3)24(17-21)18-27-13-12-26-11-10-25/h6-7,14-18,26H,10-13,25H2,1-3H3. The second kappa shape index (κ2) is 11.0. The maximum absolute atomic E-state index is 5.45. The van der Waals surface area contributed by atoms with E-state index in [0.29, 0.717) is 6.54 Å². The van der Waals surface area contributed by atoms with E-state index in [1.165, 1.54) is 11.1 Å². The fraction of sp³-hybridized carbons (Fsp3) is 0.292. The maximum atomic E-state index is 5.45. The van der Waals surface area contributed by atoms with E-state index >= 15 is 0 Å². The highest BCUT2D eigenvalue weighted by Gasteiger charge is 1.98. The molecule has 2 aromatic carbocycles. The molecule has 3 nitrogen and oxygen atoms in total. The van der Waals surface area contributed by atoms with Crippen molar-refractivity contribution in [2.45, 2.75) is 20.8 Å². The summed E-state index contributed by atoms with van der Waals surface area (Å²) in [6.07, 6.45) is 1.92. The van der Waals surface area contributed by atoms with E-state index in [9.17, 15) is 0 Å². The molecular formula is C24H27N3. The van der Waals surface area contributed by atoms with Crippen LogP contribution >= 0.6 is 0 Å². The molecule has 138 valence electrons. The summed E-state index contributed by atoms with van der Waals surface area (Å²) in [4.78, 5) is 4.49. The van der Waals surface area contributed by atoms with E-state index in [2.05, 4.69) is 72.1 Å². The molecule has 3 N–H and O–H groups in total. The maximum Gasteiger partial charge on any atom is 0.0514 e. The summed E-state index contributed by atoms with van der Waals surface area (Å²) in [5.74, 6) is 12.5. The fourth-order valence-electron chi connectivity index (χ4n) is 2.61. The van der Waals surface area contributed by atoms with Gasteiger partial charge in [0.25, 0.3) is 0 Å². The highest BCUT2D eigenvalue weighted by atomic mass is 14.9. The number of benzene rings is 2. The number of nitrogens with one attached hydrogen (secondary N) is 1. The molecule has 0 amide bonds. The lowest BCUT2D eigenvalue weighted by molar-refractivity contribution is 0.697. The second-order valence-corrected chi connectivity index (χ2v) is 6.36. The van der Waals surface area contributed by atoms with Crippen molar-refractivity contribution in [3.05, 3.63) is 69.8 Å². The van der Waals surface area contributed by atoms with Gasteiger partial charge in [-0.25, -0.2) is 0 Å². The van der Waals surface area contributed by atoms with Gasteiger partial charge in [0.1, 0.15) is 0 Å². The number of hydrogen-bond acceptors (Lipinski definition) is 3. The molecule has 0 unspecified atom stereocenters. The van der Waals surface area contributed by atoms with Crippen molar-refractivity contribution >= 4 is 6.21 Å². The van der Waals surface area contributed by atoms with Crippen molar-refractivity contribution in [2.75, 3.05) is 26.2 Å². The van der Waals surface area contributed by atoms with Crippen LogP contribution in [-0.2, 0) is 0 Å². The summed E-state index contributed by atoms with van der Waals surface area (Å²) in [6, 6.07) is 12.4. The van der Waals surface area contributed by atoms with Gasteiger partial charge in [0.15, 0.2) is 0 Å². The molecule has 2 aromatic rings. The minimum atomic E-state index is 0.650. The third-order valence-corrected chi connectivity index (χ3v) is 3.95. The zero-order valence-corrected chi connectivity index (χ0v) is 16.4. The smallest absolute Gasteiger partial charge is 0.0514 e. The molecule has 0 aliphatic rings. The molecule has 0 spiro atoms. The van der Waals surface area contributed by atoms with E-state index in [-0.39, 0.29) is 0 Å². The summed E-state index contributed by atoms with van der Waals surface area (Å²) >= 11 is 0. The van der Waals surface area contributed by atoms with Crippen molar-refractivity contribution < 1.29 is 0 Å². The van der Waals surface area contributed by atoms with Gasteiger partial charge in [0, 0.05) is 42.5 Å². The Bertz CT molecular complexity index is 918. The summed E-state index contributed by atoms with van der Waals surface area (Å²) in [5.41, 5.74) is 11.9. The normalized spacial score (nSPS) is 10.2. The second-order valence-electron chi connectivity index (χ2n) is 6.36. The average Bonchev–Trinajstić information content (AvgIpc) is 2.64. The number of rotatable bonds is 6. The third-order valence-electron chi connectivity index (χ3n) is 3.95. The zero-order chi connectivity index (χ0) is 19.5. The average molecular weight is 358 g/mol. The zero-order valence-electron chi connectivity index (χ0n) is 16.4. The number of aryl methyl sites for hydroxylation is 2. The summed E-state index contributed by atoms with van der Waals surface area (Å²) in [5, 5.41) is 3.23. The molecule has 0 atom stereocenters. The molecule has 0 aliphatic carbocycles. The molecule has 0 fully saturated rings. The van der Waals surface area contributed by atoms with Crippen LogP contribution in [0.4, 0.5) is 0 Å². The van der Waals surface area contributed by atoms with Crippen LogP contribution in [0, 0.1) is 37.5 Å². The minimum Gasteiger partial charge on any atom is -0.329 e. The molecule has 0 aromatic heterocycles. The van der Waals surface area contributed by atoms with Gasteiger partial charge in [-0.05, 0) is 67.8 Å². The lowest BCUT2D eigenvalue weighted by Crippen LogP contribution is -2.24. The van der Waals surface area contributed by atoms with Crippen LogP contribution in [0.25, 0.3) is 0 Å². The first-order valence-corrected chi connectivity index (χ1v) is 9.20. The van der Waals surface area contributed by atoms with E-state index in [0.717, 1.165) is 41.9 Å². The van der Waals surface area contributed by atoms with Crippen LogP contribution in [0.5, 0.6) is 0 Å². The Morgan fingerprint density at radius 1 is 0.963 bits per heavy atom. The molecule has 0 saturated heterocycles. The van der Waals surface area contributed by atoms with Gasteiger partial charge < -0.3 is 11.1 Å². The molecule has 2 rings (SSSR count). The van der Waals surface area contributed by atoms with Crippen molar-refractivity contribution in [1.82, 2.24) is 5.32 Å². The third kappa shape index (κ3) is 7.12. The molecule has 0 heterocycles. The Morgan fingerprint density at radius 3 is 2.44 bits per heavy atom. The Labute approximate surface area is 163 Å². The molecule has 3 heteroatoms. The highest BCUT2D eigenvalue weighted by Crippen LogP contribution is 2.11. The molecule has 0 radical (unpaired) electrons. The molecule has 0 saturated carbocycles. The molecular weight excluding hydrogens is 330 g/mol. The number of aliphatic imine (C=N–C) groups is 1. The van der Waals surface area contributed by atoms with Crippen LogP contribution in [-0.4, -0.2) is 32.4 Å². The lowest BCUT2D eigenvalue weighted by Gasteiger charge is -2.02. The predicted molar refractivity (Wildman–Crippen MR) is 115 cm³/mol. The van der Waals surface area contributed by atoms with Crippen molar-refractivity contribution in [3.8, 4) is 23.7 Å². The number of nitrogens with zero attached hydrogens (tertiary/aromatic N) is 1. The number of hydrogen-bond donors (Lipinski definition) is 2. The lowest BCUT2D eigenvalue weighted by atomic mass is 10.0.